The molecule has 0 aliphatic carbocycles. The third kappa shape index (κ3) is 3.57. The van der Waals surface area contributed by atoms with E-state index in [1.807, 2.05) is 48.3 Å². The molecule has 156 valence electrons. The van der Waals surface area contributed by atoms with Crippen molar-refractivity contribution in [2.45, 2.75) is 52.0 Å². The van der Waals surface area contributed by atoms with Gasteiger partial charge in [-0.25, -0.2) is 10.4 Å². The van der Waals surface area contributed by atoms with Gasteiger partial charge in [0.1, 0.15) is 12.0 Å². The molecule has 7 heteroatoms. The first-order chi connectivity index (χ1) is 14.5. The number of pyridine rings is 1. The fourth-order valence-electron chi connectivity index (χ4n) is 4.00. The Hall–Kier alpha value is -3.19. The van der Waals surface area contributed by atoms with Gasteiger partial charge in [0.2, 0.25) is 6.23 Å². The van der Waals surface area contributed by atoms with Crippen LogP contribution in [0.4, 0.5) is 5.82 Å². The van der Waals surface area contributed by atoms with Crippen LogP contribution in [0.3, 0.4) is 0 Å². The van der Waals surface area contributed by atoms with Crippen LogP contribution < -0.4 is 10.4 Å². The Labute approximate surface area is 176 Å². The van der Waals surface area contributed by atoms with Crippen molar-refractivity contribution in [1.29, 1.82) is 0 Å². The summed E-state index contributed by atoms with van der Waals surface area (Å²) in [4.78, 5) is 31.2. The quantitative estimate of drug-likeness (QED) is 0.768. The van der Waals surface area contributed by atoms with E-state index in [9.17, 15) is 9.59 Å². The Morgan fingerprint density at radius 3 is 2.57 bits per heavy atom. The molecule has 3 atom stereocenters. The van der Waals surface area contributed by atoms with E-state index in [-0.39, 0.29) is 30.5 Å². The van der Waals surface area contributed by atoms with Crippen LogP contribution in [0.15, 0.2) is 65.9 Å². The molecule has 2 aliphatic rings. The molecule has 30 heavy (non-hydrogen) atoms. The Kier molecular flexibility index (Phi) is 5.55. The van der Waals surface area contributed by atoms with Gasteiger partial charge in [0, 0.05) is 24.6 Å². The van der Waals surface area contributed by atoms with E-state index in [0.29, 0.717) is 12.0 Å². The van der Waals surface area contributed by atoms with Crippen molar-refractivity contribution in [2.75, 3.05) is 5.01 Å². The van der Waals surface area contributed by atoms with Crippen LogP contribution in [0, 0.1) is 0 Å². The number of rotatable bonds is 5. The number of carbonyl (C=O) groups is 2. The molecule has 1 aromatic carbocycles. The lowest BCUT2D eigenvalue weighted by atomic mass is 10.0. The van der Waals surface area contributed by atoms with Gasteiger partial charge in [-0.2, -0.15) is 0 Å². The van der Waals surface area contributed by atoms with Crippen molar-refractivity contribution >= 4 is 17.7 Å². The summed E-state index contributed by atoms with van der Waals surface area (Å²) in [6, 6.07) is 15.8. The van der Waals surface area contributed by atoms with Gasteiger partial charge in [0.05, 0.1) is 6.04 Å². The minimum Gasteiger partial charge on any atom is -0.437 e. The average Bonchev–Trinajstić information content (AvgIpc) is 3.31. The zero-order valence-corrected chi connectivity index (χ0v) is 17.4. The normalized spacial score (nSPS) is 24.0. The molecule has 0 spiro atoms. The number of amides is 1. The van der Waals surface area contributed by atoms with E-state index in [2.05, 4.69) is 22.5 Å². The monoisotopic (exact) mass is 406 g/mol. The van der Waals surface area contributed by atoms with Crippen molar-refractivity contribution in [3.63, 3.8) is 0 Å². The Bertz CT molecular complexity index is 913. The average molecular weight is 406 g/mol. The molecule has 2 aliphatic heterocycles. The van der Waals surface area contributed by atoms with Gasteiger partial charge in [0.15, 0.2) is 0 Å². The zero-order valence-electron chi connectivity index (χ0n) is 17.4. The first-order valence-electron chi connectivity index (χ1n) is 10.2. The summed E-state index contributed by atoms with van der Waals surface area (Å²) >= 11 is 0. The van der Waals surface area contributed by atoms with Gasteiger partial charge < -0.3 is 4.74 Å². The smallest absolute Gasteiger partial charge is 0.307 e. The molecular formula is C23H26N4O3. The number of hydrazine groups is 1. The van der Waals surface area contributed by atoms with Crippen LogP contribution in [0.25, 0.3) is 0 Å². The van der Waals surface area contributed by atoms with Crippen LogP contribution >= 0.6 is 0 Å². The van der Waals surface area contributed by atoms with E-state index >= 15 is 0 Å². The van der Waals surface area contributed by atoms with E-state index < -0.39 is 6.23 Å². The summed E-state index contributed by atoms with van der Waals surface area (Å²) in [6.07, 6.45) is 1.60. The summed E-state index contributed by atoms with van der Waals surface area (Å²) in [5, 5.41) is 2.00. The van der Waals surface area contributed by atoms with Gasteiger partial charge in [-0.1, -0.05) is 43.3 Å². The Morgan fingerprint density at radius 2 is 1.90 bits per heavy atom. The number of benzene rings is 1. The summed E-state index contributed by atoms with van der Waals surface area (Å²) in [6.45, 7) is 5.38. The van der Waals surface area contributed by atoms with Crippen molar-refractivity contribution in [1.82, 2.24) is 15.3 Å². The molecule has 0 bridgehead atoms. The molecule has 3 unspecified atom stereocenters. The van der Waals surface area contributed by atoms with Crippen molar-refractivity contribution in [2.24, 2.45) is 0 Å². The van der Waals surface area contributed by atoms with Gasteiger partial charge >= 0.3 is 5.97 Å². The summed E-state index contributed by atoms with van der Waals surface area (Å²) in [5.41, 5.74) is 5.96. The Morgan fingerprint density at radius 1 is 1.17 bits per heavy atom. The molecule has 0 radical (unpaired) electrons. The first kappa shape index (κ1) is 20.1. The molecule has 1 aromatic heterocycles. The number of nitrogens with zero attached hydrogens (tertiary/aromatic N) is 3. The molecule has 1 N–H and O–H groups in total. The predicted molar refractivity (Wildman–Crippen MR) is 113 cm³/mol. The number of esters is 1. The summed E-state index contributed by atoms with van der Waals surface area (Å²) < 4.78 is 5.65. The summed E-state index contributed by atoms with van der Waals surface area (Å²) in [5.74, 6) is 0.323. The minimum absolute atomic E-state index is 0.0253. The Balaban J connectivity index is 1.67. The molecule has 2 aromatic rings. The molecular weight excluding hydrogens is 380 g/mol. The highest BCUT2D eigenvalue weighted by Gasteiger charge is 2.46. The van der Waals surface area contributed by atoms with Crippen LogP contribution in [0.1, 0.15) is 45.2 Å². The van der Waals surface area contributed by atoms with E-state index in [1.54, 1.807) is 24.9 Å². The maximum absolute atomic E-state index is 13.1. The van der Waals surface area contributed by atoms with Gasteiger partial charge in [-0.3, -0.25) is 19.5 Å². The van der Waals surface area contributed by atoms with E-state index in [0.717, 1.165) is 17.0 Å². The number of ether oxygens (including phenoxy) is 1. The minimum atomic E-state index is -0.692. The maximum Gasteiger partial charge on any atom is 0.307 e. The molecule has 4 rings (SSSR count). The lowest BCUT2D eigenvalue weighted by Gasteiger charge is -2.32. The second-order valence-electron chi connectivity index (χ2n) is 7.58. The largest absolute Gasteiger partial charge is 0.437 e. The first-order valence-corrected chi connectivity index (χ1v) is 10.2. The maximum atomic E-state index is 13.1. The molecule has 7 nitrogen and oxygen atoms in total. The van der Waals surface area contributed by atoms with Crippen LogP contribution in [-0.4, -0.2) is 34.2 Å². The lowest BCUT2D eigenvalue weighted by molar-refractivity contribution is -0.160. The van der Waals surface area contributed by atoms with Crippen molar-refractivity contribution in [3.8, 4) is 0 Å². The van der Waals surface area contributed by atoms with Gasteiger partial charge in [0.25, 0.3) is 5.91 Å². The zero-order chi connectivity index (χ0) is 21.3. The van der Waals surface area contributed by atoms with Crippen molar-refractivity contribution < 1.29 is 14.3 Å². The van der Waals surface area contributed by atoms with Gasteiger partial charge in [-0.05, 0) is 37.1 Å². The topological polar surface area (TPSA) is 74.8 Å². The molecule has 1 fully saturated rings. The number of hydrogen-bond acceptors (Lipinski definition) is 6. The second kappa shape index (κ2) is 8.28. The lowest BCUT2D eigenvalue weighted by Crippen LogP contribution is -2.52. The highest BCUT2D eigenvalue weighted by molar-refractivity contribution is 5.97. The fourth-order valence-corrected chi connectivity index (χ4v) is 4.00. The third-order valence-corrected chi connectivity index (χ3v) is 5.76. The number of nitrogens with one attached hydrogen (secondary N) is 1. The third-order valence-electron chi connectivity index (χ3n) is 5.76. The van der Waals surface area contributed by atoms with Crippen LogP contribution in [0.2, 0.25) is 0 Å². The molecule has 3 heterocycles. The molecule has 1 amide bonds. The second-order valence-corrected chi connectivity index (χ2v) is 7.58. The van der Waals surface area contributed by atoms with E-state index in [4.69, 9.17) is 4.74 Å². The highest BCUT2D eigenvalue weighted by Crippen LogP contribution is 2.38. The highest BCUT2D eigenvalue weighted by atomic mass is 16.6. The number of carbonyl (C=O) groups excluding carboxylic acids is 2. The SMILES string of the molecule is CCC(=O)OC1C(C)=C(C)C(=O)N1C1CC(c2ccccc2)N(c2ccccn2)N1. The fraction of sp³-hybridized carbons (Fsp3) is 0.348. The number of anilines is 1. The number of hydrogen-bond donors (Lipinski definition) is 1. The van der Waals surface area contributed by atoms with E-state index in [1.165, 1.54) is 0 Å². The molecule has 1 saturated heterocycles. The van der Waals surface area contributed by atoms with Crippen molar-refractivity contribution in [3.05, 3.63) is 71.4 Å². The van der Waals surface area contributed by atoms with Gasteiger partial charge in [-0.15, -0.1) is 0 Å². The van der Waals surface area contributed by atoms with Crippen LogP contribution in [0.5, 0.6) is 0 Å². The predicted octanol–water partition coefficient (Wildman–Crippen LogP) is 3.32. The number of aromatic nitrogens is 1. The molecule has 0 saturated carbocycles. The van der Waals surface area contributed by atoms with Crippen LogP contribution in [-0.2, 0) is 14.3 Å². The standard InChI is InChI=1S/C23H26N4O3/c1-4-21(28)30-23-16(3)15(2)22(29)26(23)20-14-18(17-10-6-5-7-11-17)27(25-20)19-12-8-9-13-24-19/h5-13,18,20,23,25H,4,14H2,1-3H3. The summed E-state index contributed by atoms with van der Waals surface area (Å²) in [7, 11) is 0.